The molecule has 1 atom stereocenters. The number of benzene rings is 1. The molecule has 1 saturated heterocycles. The summed E-state index contributed by atoms with van der Waals surface area (Å²) in [7, 11) is 0. The topological polar surface area (TPSA) is 29.3 Å². The highest BCUT2D eigenvalue weighted by Crippen LogP contribution is 2.32. The SMILES string of the molecule is CC(C)c1ccc(N2CC(N)CCC2(C)C)cc1. The minimum atomic E-state index is 0.217. The molecule has 1 aliphatic heterocycles. The van der Waals surface area contributed by atoms with E-state index in [1.807, 2.05) is 0 Å². The van der Waals surface area contributed by atoms with Crippen molar-refractivity contribution in [3.8, 4) is 0 Å². The van der Waals surface area contributed by atoms with Gasteiger partial charge < -0.3 is 10.6 Å². The molecule has 0 spiro atoms. The van der Waals surface area contributed by atoms with Gasteiger partial charge in [0.2, 0.25) is 0 Å². The van der Waals surface area contributed by atoms with E-state index in [-0.39, 0.29) is 5.54 Å². The van der Waals surface area contributed by atoms with Crippen LogP contribution in [0.3, 0.4) is 0 Å². The fourth-order valence-corrected chi connectivity index (χ4v) is 2.74. The number of piperidine rings is 1. The normalized spacial score (nSPS) is 23.4. The summed E-state index contributed by atoms with van der Waals surface area (Å²) in [5, 5.41) is 0. The number of nitrogens with zero attached hydrogens (tertiary/aromatic N) is 1. The van der Waals surface area contributed by atoms with Crippen LogP contribution in [0.2, 0.25) is 0 Å². The van der Waals surface area contributed by atoms with Crippen molar-refractivity contribution in [1.82, 2.24) is 0 Å². The third-order valence-corrected chi connectivity index (χ3v) is 4.15. The lowest BCUT2D eigenvalue weighted by molar-refractivity contribution is 0.335. The summed E-state index contributed by atoms with van der Waals surface area (Å²) in [6.07, 6.45) is 2.30. The molecule has 2 nitrogen and oxygen atoms in total. The Labute approximate surface area is 111 Å². The van der Waals surface area contributed by atoms with Crippen molar-refractivity contribution in [2.24, 2.45) is 5.73 Å². The van der Waals surface area contributed by atoms with E-state index >= 15 is 0 Å². The maximum atomic E-state index is 6.12. The minimum absolute atomic E-state index is 0.217. The molecule has 1 fully saturated rings. The molecule has 100 valence electrons. The van der Waals surface area contributed by atoms with Crippen molar-refractivity contribution in [1.29, 1.82) is 0 Å². The molecule has 0 radical (unpaired) electrons. The van der Waals surface area contributed by atoms with Crippen molar-refractivity contribution in [2.75, 3.05) is 11.4 Å². The molecule has 1 aromatic rings. The van der Waals surface area contributed by atoms with E-state index in [0.29, 0.717) is 12.0 Å². The zero-order valence-corrected chi connectivity index (χ0v) is 12.1. The van der Waals surface area contributed by atoms with Gasteiger partial charge in [0.1, 0.15) is 0 Å². The van der Waals surface area contributed by atoms with Crippen LogP contribution in [0.25, 0.3) is 0 Å². The smallest absolute Gasteiger partial charge is 0.0371 e. The van der Waals surface area contributed by atoms with Crippen LogP contribution >= 0.6 is 0 Å². The number of nitrogens with two attached hydrogens (primary N) is 1. The fourth-order valence-electron chi connectivity index (χ4n) is 2.74. The molecule has 18 heavy (non-hydrogen) atoms. The lowest BCUT2D eigenvalue weighted by Crippen LogP contribution is -2.54. The summed E-state index contributed by atoms with van der Waals surface area (Å²) in [6.45, 7) is 10.1. The summed E-state index contributed by atoms with van der Waals surface area (Å²) in [6, 6.07) is 9.29. The lowest BCUT2D eigenvalue weighted by atomic mass is 9.87. The predicted octanol–water partition coefficient (Wildman–Crippen LogP) is 3.52. The van der Waals surface area contributed by atoms with Gasteiger partial charge in [-0.25, -0.2) is 0 Å². The van der Waals surface area contributed by atoms with Crippen molar-refractivity contribution >= 4 is 5.69 Å². The molecular formula is C16H26N2. The van der Waals surface area contributed by atoms with Gasteiger partial charge in [0.25, 0.3) is 0 Å². The van der Waals surface area contributed by atoms with Gasteiger partial charge in [-0.3, -0.25) is 0 Å². The van der Waals surface area contributed by atoms with Crippen LogP contribution in [-0.4, -0.2) is 18.1 Å². The molecule has 1 aliphatic rings. The molecule has 0 aliphatic carbocycles. The molecule has 2 rings (SSSR count). The van der Waals surface area contributed by atoms with Crippen LogP contribution < -0.4 is 10.6 Å². The summed E-state index contributed by atoms with van der Waals surface area (Å²) in [5.41, 5.74) is 9.04. The van der Waals surface area contributed by atoms with E-state index in [0.717, 1.165) is 13.0 Å². The maximum absolute atomic E-state index is 6.12. The molecule has 0 amide bonds. The molecule has 0 bridgehead atoms. The van der Waals surface area contributed by atoms with Gasteiger partial charge in [-0.1, -0.05) is 26.0 Å². The van der Waals surface area contributed by atoms with Crippen LogP contribution in [0.15, 0.2) is 24.3 Å². The average molecular weight is 246 g/mol. The number of hydrogen-bond donors (Lipinski definition) is 1. The van der Waals surface area contributed by atoms with Crippen molar-refractivity contribution in [2.45, 2.75) is 58.0 Å². The number of hydrogen-bond acceptors (Lipinski definition) is 2. The van der Waals surface area contributed by atoms with Crippen LogP contribution in [-0.2, 0) is 0 Å². The summed E-state index contributed by atoms with van der Waals surface area (Å²) >= 11 is 0. The first kappa shape index (κ1) is 13.4. The van der Waals surface area contributed by atoms with Gasteiger partial charge in [0.15, 0.2) is 0 Å². The van der Waals surface area contributed by atoms with E-state index in [1.165, 1.54) is 17.7 Å². The zero-order valence-electron chi connectivity index (χ0n) is 12.1. The monoisotopic (exact) mass is 246 g/mol. The van der Waals surface area contributed by atoms with Crippen LogP contribution in [0, 0.1) is 0 Å². The van der Waals surface area contributed by atoms with E-state index in [1.54, 1.807) is 0 Å². The largest absolute Gasteiger partial charge is 0.365 e. The molecule has 0 aromatic heterocycles. The fraction of sp³-hybridized carbons (Fsp3) is 0.625. The molecule has 1 unspecified atom stereocenters. The van der Waals surface area contributed by atoms with Gasteiger partial charge in [-0.2, -0.15) is 0 Å². The second-order valence-corrected chi connectivity index (χ2v) is 6.47. The lowest BCUT2D eigenvalue weighted by Gasteiger charge is -2.46. The van der Waals surface area contributed by atoms with Crippen molar-refractivity contribution < 1.29 is 0 Å². The highest BCUT2D eigenvalue weighted by molar-refractivity contribution is 5.51. The Hall–Kier alpha value is -1.02. The Morgan fingerprint density at radius 2 is 1.83 bits per heavy atom. The van der Waals surface area contributed by atoms with Crippen molar-refractivity contribution in [3.05, 3.63) is 29.8 Å². The Morgan fingerprint density at radius 1 is 1.22 bits per heavy atom. The Bertz CT molecular complexity index is 392. The Kier molecular flexibility index (Phi) is 3.67. The summed E-state index contributed by atoms with van der Waals surface area (Å²) in [5.74, 6) is 0.593. The van der Waals surface area contributed by atoms with Gasteiger partial charge >= 0.3 is 0 Å². The zero-order chi connectivity index (χ0) is 13.3. The highest BCUT2D eigenvalue weighted by Gasteiger charge is 2.32. The van der Waals surface area contributed by atoms with Gasteiger partial charge in [-0.05, 0) is 50.3 Å². The van der Waals surface area contributed by atoms with Crippen LogP contribution in [0.4, 0.5) is 5.69 Å². The molecule has 2 heteroatoms. The first-order valence-electron chi connectivity index (χ1n) is 7.03. The minimum Gasteiger partial charge on any atom is -0.365 e. The third-order valence-electron chi connectivity index (χ3n) is 4.15. The summed E-state index contributed by atoms with van der Waals surface area (Å²) < 4.78 is 0. The van der Waals surface area contributed by atoms with Crippen LogP contribution in [0.1, 0.15) is 52.0 Å². The second kappa shape index (κ2) is 4.93. The first-order chi connectivity index (χ1) is 8.40. The first-order valence-corrected chi connectivity index (χ1v) is 7.03. The van der Waals surface area contributed by atoms with E-state index in [4.69, 9.17) is 5.73 Å². The molecule has 1 heterocycles. The molecular weight excluding hydrogens is 220 g/mol. The van der Waals surface area contributed by atoms with E-state index < -0.39 is 0 Å². The van der Waals surface area contributed by atoms with Crippen LogP contribution in [0.5, 0.6) is 0 Å². The van der Waals surface area contributed by atoms with Gasteiger partial charge in [0.05, 0.1) is 0 Å². The maximum Gasteiger partial charge on any atom is 0.0371 e. The standard InChI is InChI=1S/C16H26N2/c1-12(2)13-5-7-15(8-6-13)18-11-14(17)9-10-16(18,3)4/h5-8,12,14H,9-11,17H2,1-4H3. The van der Waals surface area contributed by atoms with Gasteiger partial charge in [-0.15, -0.1) is 0 Å². The second-order valence-electron chi connectivity index (χ2n) is 6.47. The summed E-state index contributed by atoms with van der Waals surface area (Å²) in [4.78, 5) is 2.46. The van der Waals surface area contributed by atoms with E-state index in [9.17, 15) is 0 Å². The number of anilines is 1. The average Bonchev–Trinajstić information content (AvgIpc) is 2.32. The van der Waals surface area contributed by atoms with Gasteiger partial charge in [0, 0.05) is 23.8 Å². The predicted molar refractivity (Wildman–Crippen MR) is 79.2 cm³/mol. The third kappa shape index (κ3) is 2.69. The Balaban J connectivity index is 2.23. The Morgan fingerprint density at radius 3 is 2.39 bits per heavy atom. The highest BCUT2D eigenvalue weighted by atomic mass is 15.2. The quantitative estimate of drug-likeness (QED) is 0.865. The van der Waals surface area contributed by atoms with E-state index in [2.05, 4.69) is 56.9 Å². The molecule has 2 N–H and O–H groups in total. The molecule has 0 saturated carbocycles. The molecule has 1 aromatic carbocycles. The van der Waals surface area contributed by atoms with Crippen molar-refractivity contribution in [3.63, 3.8) is 0 Å². The number of rotatable bonds is 2.